The number of hydrogen-bond acceptors (Lipinski definition) is 2. The van der Waals surface area contributed by atoms with Crippen LogP contribution in [0.25, 0.3) is 0 Å². The van der Waals surface area contributed by atoms with E-state index in [0.29, 0.717) is 28.6 Å². The number of unbranched alkanes of at least 4 members (excludes halogenated alkanes) is 2. The normalized spacial score (nSPS) is 10.6. The van der Waals surface area contributed by atoms with E-state index in [2.05, 4.69) is 12.2 Å². The first-order valence-electron chi connectivity index (χ1n) is 7.81. The summed E-state index contributed by atoms with van der Waals surface area (Å²) in [6, 6.07) is 8.00. The Labute approximate surface area is 167 Å². The molecule has 134 valence electrons. The van der Waals surface area contributed by atoms with E-state index in [0.717, 1.165) is 19.3 Å². The number of amides is 1. The number of ether oxygens (including phenoxy) is 1. The fourth-order valence-corrected chi connectivity index (χ4v) is 3.09. The predicted octanol–water partition coefficient (Wildman–Crippen LogP) is 7.12. The summed E-state index contributed by atoms with van der Waals surface area (Å²) in [5.74, 6) is -0.0118. The quantitative estimate of drug-likeness (QED) is 0.484. The summed E-state index contributed by atoms with van der Waals surface area (Å²) < 4.78 is 5.62. The standard InChI is InChI=1S/C18H17Cl4NO2/c1-2-3-4-8-25-17-13(20)9-11(10-14(17)21)18(24)23-15-7-5-6-12(19)16(15)22/h5-7,9-10H,2-4,8H2,1H3,(H,23,24). The first-order valence-corrected chi connectivity index (χ1v) is 9.32. The number of halogens is 4. The van der Waals surface area contributed by atoms with Gasteiger partial charge in [-0.25, -0.2) is 0 Å². The number of anilines is 1. The fraction of sp³-hybridized carbons (Fsp3) is 0.278. The van der Waals surface area contributed by atoms with Gasteiger partial charge in [0.05, 0.1) is 32.4 Å². The van der Waals surface area contributed by atoms with Crippen LogP contribution in [0.2, 0.25) is 20.1 Å². The van der Waals surface area contributed by atoms with Crippen LogP contribution < -0.4 is 10.1 Å². The molecule has 0 bridgehead atoms. The molecule has 0 radical (unpaired) electrons. The zero-order valence-corrected chi connectivity index (χ0v) is 16.6. The highest BCUT2D eigenvalue weighted by Gasteiger charge is 2.16. The van der Waals surface area contributed by atoms with Crippen molar-refractivity contribution in [3.05, 3.63) is 56.0 Å². The molecule has 2 aromatic carbocycles. The van der Waals surface area contributed by atoms with Gasteiger partial charge in [0.2, 0.25) is 0 Å². The van der Waals surface area contributed by atoms with Crippen molar-refractivity contribution in [1.29, 1.82) is 0 Å². The van der Waals surface area contributed by atoms with Crippen LogP contribution in [-0.4, -0.2) is 12.5 Å². The molecule has 7 heteroatoms. The highest BCUT2D eigenvalue weighted by Crippen LogP contribution is 2.35. The van der Waals surface area contributed by atoms with Crippen LogP contribution in [-0.2, 0) is 0 Å². The summed E-state index contributed by atoms with van der Waals surface area (Å²) in [6.45, 7) is 2.64. The maximum absolute atomic E-state index is 12.4. The Morgan fingerprint density at radius 2 is 1.72 bits per heavy atom. The number of carbonyl (C=O) groups is 1. The third-order valence-corrected chi connectivity index (χ3v) is 4.83. The number of hydrogen-bond donors (Lipinski definition) is 1. The van der Waals surface area contributed by atoms with Crippen molar-refractivity contribution in [2.45, 2.75) is 26.2 Å². The van der Waals surface area contributed by atoms with Crippen LogP contribution in [0.3, 0.4) is 0 Å². The van der Waals surface area contributed by atoms with Crippen molar-refractivity contribution >= 4 is 58.0 Å². The van der Waals surface area contributed by atoms with Gasteiger partial charge in [-0.2, -0.15) is 0 Å². The average Bonchev–Trinajstić information content (AvgIpc) is 2.57. The smallest absolute Gasteiger partial charge is 0.255 e. The molecule has 0 fully saturated rings. The number of benzene rings is 2. The van der Waals surface area contributed by atoms with Crippen LogP contribution in [0.4, 0.5) is 5.69 Å². The molecule has 0 atom stereocenters. The minimum absolute atomic E-state index is 0.269. The van der Waals surface area contributed by atoms with E-state index in [1.807, 2.05) is 0 Å². The molecule has 1 amide bonds. The SMILES string of the molecule is CCCCCOc1c(Cl)cc(C(=O)Nc2cccc(Cl)c2Cl)cc1Cl. The van der Waals surface area contributed by atoms with Crippen molar-refractivity contribution in [2.24, 2.45) is 0 Å². The van der Waals surface area contributed by atoms with Gasteiger partial charge >= 0.3 is 0 Å². The second-order valence-electron chi connectivity index (χ2n) is 5.38. The molecule has 0 aliphatic carbocycles. The van der Waals surface area contributed by atoms with E-state index in [-0.39, 0.29) is 15.1 Å². The van der Waals surface area contributed by atoms with E-state index in [9.17, 15) is 4.79 Å². The maximum Gasteiger partial charge on any atom is 0.255 e. The molecule has 25 heavy (non-hydrogen) atoms. The van der Waals surface area contributed by atoms with Gasteiger partial charge in [0.15, 0.2) is 5.75 Å². The lowest BCUT2D eigenvalue weighted by Gasteiger charge is -2.12. The largest absolute Gasteiger partial charge is 0.490 e. The Morgan fingerprint density at radius 3 is 2.36 bits per heavy atom. The summed E-state index contributed by atoms with van der Waals surface area (Å²) in [5, 5.41) is 3.88. The van der Waals surface area contributed by atoms with Gasteiger partial charge in [0.25, 0.3) is 5.91 Å². The van der Waals surface area contributed by atoms with Crippen LogP contribution in [0, 0.1) is 0 Å². The van der Waals surface area contributed by atoms with Gasteiger partial charge < -0.3 is 10.1 Å². The van der Waals surface area contributed by atoms with E-state index in [1.165, 1.54) is 12.1 Å². The van der Waals surface area contributed by atoms with Crippen molar-refractivity contribution in [3.63, 3.8) is 0 Å². The Balaban J connectivity index is 2.14. The summed E-state index contributed by atoms with van der Waals surface area (Å²) in [5.41, 5.74) is 0.707. The minimum atomic E-state index is -0.398. The van der Waals surface area contributed by atoms with Crippen LogP contribution in [0.5, 0.6) is 5.75 Å². The summed E-state index contributed by atoms with van der Waals surface area (Å²) in [4.78, 5) is 12.4. The summed E-state index contributed by atoms with van der Waals surface area (Å²) in [6.07, 6.45) is 3.07. The van der Waals surface area contributed by atoms with Crippen LogP contribution in [0.15, 0.2) is 30.3 Å². The van der Waals surface area contributed by atoms with Gasteiger partial charge in [0.1, 0.15) is 0 Å². The van der Waals surface area contributed by atoms with E-state index in [1.54, 1.807) is 18.2 Å². The molecule has 0 saturated carbocycles. The molecule has 3 nitrogen and oxygen atoms in total. The van der Waals surface area contributed by atoms with Gasteiger partial charge in [-0.15, -0.1) is 0 Å². The van der Waals surface area contributed by atoms with Crippen LogP contribution in [0.1, 0.15) is 36.5 Å². The molecule has 0 saturated heterocycles. The molecule has 2 aromatic rings. The number of rotatable bonds is 7. The van der Waals surface area contributed by atoms with E-state index in [4.69, 9.17) is 51.1 Å². The third kappa shape index (κ3) is 5.42. The summed E-state index contributed by atoms with van der Waals surface area (Å²) >= 11 is 24.4. The zero-order valence-electron chi connectivity index (χ0n) is 13.5. The highest BCUT2D eigenvalue weighted by molar-refractivity contribution is 6.44. The lowest BCUT2D eigenvalue weighted by atomic mass is 10.2. The molecule has 0 aliphatic rings. The third-order valence-electron chi connectivity index (χ3n) is 3.45. The van der Waals surface area contributed by atoms with Crippen molar-refractivity contribution in [3.8, 4) is 5.75 Å². The second kappa shape index (κ2) is 9.54. The second-order valence-corrected chi connectivity index (χ2v) is 6.98. The minimum Gasteiger partial charge on any atom is -0.490 e. The van der Waals surface area contributed by atoms with Crippen molar-refractivity contribution in [1.82, 2.24) is 0 Å². The fourth-order valence-electron chi connectivity index (χ4n) is 2.15. The Kier molecular flexibility index (Phi) is 7.70. The first kappa shape index (κ1) is 20.2. The predicted molar refractivity (Wildman–Crippen MR) is 106 cm³/mol. The molecule has 0 unspecified atom stereocenters. The average molecular weight is 421 g/mol. The zero-order chi connectivity index (χ0) is 18.4. The molecule has 0 aromatic heterocycles. The molecule has 0 aliphatic heterocycles. The van der Waals surface area contributed by atoms with Gasteiger partial charge in [-0.1, -0.05) is 72.2 Å². The molecular weight excluding hydrogens is 404 g/mol. The van der Waals surface area contributed by atoms with Gasteiger partial charge in [-0.05, 0) is 30.7 Å². The molecule has 0 heterocycles. The lowest BCUT2D eigenvalue weighted by Crippen LogP contribution is -2.12. The topological polar surface area (TPSA) is 38.3 Å². The molecular formula is C18H17Cl4NO2. The molecule has 2 rings (SSSR count). The Hall–Kier alpha value is -1.13. The van der Waals surface area contributed by atoms with Crippen LogP contribution >= 0.6 is 46.4 Å². The monoisotopic (exact) mass is 419 g/mol. The van der Waals surface area contributed by atoms with Crippen molar-refractivity contribution < 1.29 is 9.53 Å². The number of carbonyl (C=O) groups excluding carboxylic acids is 1. The number of nitrogens with one attached hydrogen (secondary N) is 1. The Bertz CT molecular complexity index is 742. The van der Waals surface area contributed by atoms with Gasteiger partial charge in [0, 0.05) is 5.56 Å². The molecule has 0 spiro atoms. The first-order chi connectivity index (χ1) is 11.9. The van der Waals surface area contributed by atoms with Crippen molar-refractivity contribution in [2.75, 3.05) is 11.9 Å². The molecule has 1 N–H and O–H groups in total. The summed E-state index contributed by atoms with van der Waals surface area (Å²) in [7, 11) is 0. The van der Waals surface area contributed by atoms with E-state index >= 15 is 0 Å². The highest BCUT2D eigenvalue weighted by atomic mass is 35.5. The van der Waals surface area contributed by atoms with E-state index < -0.39 is 5.91 Å². The van der Waals surface area contributed by atoms with Gasteiger partial charge in [-0.3, -0.25) is 4.79 Å². The Morgan fingerprint density at radius 1 is 1.04 bits per heavy atom. The lowest BCUT2D eigenvalue weighted by molar-refractivity contribution is 0.102. The maximum atomic E-state index is 12.4.